The van der Waals surface area contributed by atoms with Crippen LogP contribution in [0.4, 0.5) is 0 Å². The van der Waals surface area contributed by atoms with E-state index >= 15 is 0 Å². The van der Waals surface area contributed by atoms with Crippen LogP contribution in [0.15, 0.2) is 70.2 Å². The Labute approximate surface area is 183 Å². The first-order chi connectivity index (χ1) is 15.4. The SMILES string of the molecule is Cc1cccc(OCC(=O)NCC(=O)N/N=C/c2ccc(-c3ccc(C(=O)[O-])cc3)o2)c1. The summed E-state index contributed by atoms with van der Waals surface area (Å²) in [5.74, 6) is -0.763. The van der Waals surface area contributed by atoms with Gasteiger partial charge in [0.05, 0.1) is 18.7 Å². The van der Waals surface area contributed by atoms with Crippen molar-refractivity contribution in [3.8, 4) is 17.1 Å². The molecule has 0 aliphatic rings. The number of nitrogens with one attached hydrogen (secondary N) is 2. The van der Waals surface area contributed by atoms with Gasteiger partial charge in [-0.15, -0.1) is 0 Å². The number of benzene rings is 2. The first kappa shape index (κ1) is 22.3. The van der Waals surface area contributed by atoms with Crippen molar-refractivity contribution in [2.45, 2.75) is 6.92 Å². The van der Waals surface area contributed by atoms with Crippen LogP contribution in [0.3, 0.4) is 0 Å². The van der Waals surface area contributed by atoms with E-state index in [4.69, 9.17) is 9.15 Å². The number of nitrogens with zero attached hydrogens (tertiary/aromatic N) is 1. The Hall–Kier alpha value is -4.40. The van der Waals surface area contributed by atoms with Gasteiger partial charge in [-0.25, -0.2) is 5.43 Å². The number of rotatable bonds is 9. The lowest BCUT2D eigenvalue weighted by Gasteiger charge is -2.07. The molecular formula is C23H20N3O6-. The zero-order valence-corrected chi connectivity index (χ0v) is 17.2. The predicted molar refractivity (Wildman–Crippen MR) is 114 cm³/mol. The molecule has 0 saturated carbocycles. The molecule has 1 heterocycles. The fourth-order valence-corrected chi connectivity index (χ4v) is 2.64. The number of aromatic carboxylic acids is 1. The maximum atomic E-state index is 11.8. The first-order valence-corrected chi connectivity index (χ1v) is 9.60. The molecule has 1 aromatic heterocycles. The Bertz CT molecular complexity index is 1130. The molecule has 0 unspecified atom stereocenters. The van der Waals surface area contributed by atoms with Crippen LogP contribution in [-0.4, -0.2) is 37.1 Å². The minimum Gasteiger partial charge on any atom is -0.545 e. The van der Waals surface area contributed by atoms with Crippen molar-refractivity contribution < 1.29 is 28.6 Å². The van der Waals surface area contributed by atoms with Gasteiger partial charge in [-0.05, 0) is 42.3 Å². The molecule has 0 aliphatic carbocycles. The number of furan rings is 1. The zero-order chi connectivity index (χ0) is 22.9. The van der Waals surface area contributed by atoms with E-state index < -0.39 is 17.8 Å². The molecule has 2 N–H and O–H groups in total. The van der Waals surface area contributed by atoms with Crippen molar-refractivity contribution in [3.05, 3.63) is 77.6 Å². The number of amides is 2. The summed E-state index contributed by atoms with van der Waals surface area (Å²) >= 11 is 0. The van der Waals surface area contributed by atoms with Gasteiger partial charge in [-0.1, -0.05) is 36.4 Å². The quantitative estimate of drug-likeness (QED) is 0.385. The molecule has 32 heavy (non-hydrogen) atoms. The fourth-order valence-electron chi connectivity index (χ4n) is 2.64. The Kier molecular flexibility index (Phi) is 7.37. The lowest BCUT2D eigenvalue weighted by atomic mass is 10.1. The number of hydrogen-bond donors (Lipinski definition) is 2. The summed E-state index contributed by atoms with van der Waals surface area (Å²) in [4.78, 5) is 34.4. The van der Waals surface area contributed by atoms with Crippen LogP contribution >= 0.6 is 0 Å². The van der Waals surface area contributed by atoms with E-state index in [0.29, 0.717) is 22.8 Å². The van der Waals surface area contributed by atoms with Gasteiger partial charge < -0.3 is 24.4 Å². The van der Waals surface area contributed by atoms with Crippen LogP contribution < -0.4 is 20.6 Å². The van der Waals surface area contributed by atoms with E-state index in [1.54, 1.807) is 36.4 Å². The Morgan fingerprint density at radius 3 is 2.56 bits per heavy atom. The third-order valence-corrected chi connectivity index (χ3v) is 4.22. The van der Waals surface area contributed by atoms with E-state index in [0.717, 1.165) is 5.56 Å². The van der Waals surface area contributed by atoms with E-state index in [1.807, 2.05) is 19.1 Å². The molecule has 3 rings (SSSR count). The van der Waals surface area contributed by atoms with Crippen molar-refractivity contribution in [3.63, 3.8) is 0 Å². The Morgan fingerprint density at radius 2 is 1.84 bits per heavy atom. The van der Waals surface area contributed by atoms with Gasteiger partial charge in [0, 0.05) is 5.56 Å². The molecule has 0 bridgehead atoms. The monoisotopic (exact) mass is 434 g/mol. The average Bonchev–Trinajstić information content (AvgIpc) is 3.25. The van der Waals surface area contributed by atoms with Crippen molar-refractivity contribution in [1.29, 1.82) is 0 Å². The first-order valence-electron chi connectivity index (χ1n) is 9.60. The number of carboxylic acid groups (broad SMARTS) is 1. The number of carbonyl (C=O) groups excluding carboxylic acids is 3. The molecule has 0 spiro atoms. The minimum absolute atomic E-state index is 0.0682. The van der Waals surface area contributed by atoms with Crippen LogP contribution in [0.1, 0.15) is 21.7 Å². The Morgan fingerprint density at radius 1 is 1.06 bits per heavy atom. The fraction of sp³-hybridized carbons (Fsp3) is 0.130. The maximum Gasteiger partial charge on any atom is 0.259 e. The lowest BCUT2D eigenvalue weighted by Crippen LogP contribution is -2.37. The van der Waals surface area contributed by atoms with E-state index in [9.17, 15) is 19.5 Å². The topological polar surface area (TPSA) is 133 Å². The number of aryl methyl sites for hydroxylation is 1. The second-order valence-corrected chi connectivity index (χ2v) is 6.74. The third kappa shape index (κ3) is 6.56. The minimum atomic E-state index is -1.26. The van der Waals surface area contributed by atoms with Gasteiger partial charge in [0.15, 0.2) is 6.61 Å². The van der Waals surface area contributed by atoms with E-state index in [-0.39, 0.29) is 18.7 Å². The molecule has 9 nitrogen and oxygen atoms in total. The summed E-state index contributed by atoms with van der Waals surface area (Å²) in [5.41, 5.74) is 4.03. The molecule has 2 amide bonds. The Balaban J connectivity index is 1.41. The van der Waals surface area contributed by atoms with E-state index in [1.165, 1.54) is 18.3 Å². The molecule has 0 aliphatic heterocycles. The molecule has 0 saturated heterocycles. The molecule has 3 aromatic rings. The standard InChI is InChI=1S/C23H21N3O6/c1-15-3-2-4-18(11-15)31-14-22(28)24-13-21(27)26-25-12-19-9-10-20(32-19)16-5-7-17(8-6-16)23(29)30/h2-12H,13-14H2,1H3,(H,24,28)(H,26,27)(H,29,30)/p-1/b25-12+. The second kappa shape index (κ2) is 10.6. The third-order valence-electron chi connectivity index (χ3n) is 4.22. The largest absolute Gasteiger partial charge is 0.545 e. The molecular weight excluding hydrogens is 414 g/mol. The highest BCUT2D eigenvalue weighted by Crippen LogP contribution is 2.21. The van der Waals surface area contributed by atoms with E-state index in [2.05, 4.69) is 15.8 Å². The lowest BCUT2D eigenvalue weighted by molar-refractivity contribution is -0.255. The summed E-state index contributed by atoms with van der Waals surface area (Å²) < 4.78 is 10.9. The average molecular weight is 434 g/mol. The molecule has 0 atom stereocenters. The summed E-state index contributed by atoms with van der Waals surface area (Å²) in [6.45, 7) is 1.44. The number of ether oxygens (including phenoxy) is 1. The van der Waals surface area contributed by atoms with Crippen LogP contribution in [0.2, 0.25) is 0 Å². The summed E-state index contributed by atoms with van der Waals surface area (Å²) in [7, 11) is 0. The van der Waals surface area contributed by atoms with Crippen LogP contribution in [0.5, 0.6) is 5.75 Å². The van der Waals surface area contributed by atoms with Gasteiger partial charge in [0.1, 0.15) is 17.3 Å². The van der Waals surface area contributed by atoms with Crippen molar-refractivity contribution >= 4 is 24.0 Å². The predicted octanol–water partition coefficient (Wildman–Crippen LogP) is 1.26. The molecule has 0 radical (unpaired) electrons. The highest BCUT2D eigenvalue weighted by atomic mass is 16.5. The molecule has 2 aromatic carbocycles. The van der Waals surface area contributed by atoms with Crippen LogP contribution in [0.25, 0.3) is 11.3 Å². The van der Waals surface area contributed by atoms with Gasteiger partial charge >= 0.3 is 0 Å². The highest BCUT2D eigenvalue weighted by molar-refractivity contribution is 5.87. The molecule has 9 heteroatoms. The van der Waals surface area contributed by atoms with Crippen molar-refractivity contribution in [2.75, 3.05) is 13.2 Å². The van der Waals surface area contributed by atoms with Gasteiger partial charge in [0.25, 0.3) is 11.8 Å². The number of hydrazone groups is 1. The van der Waals surface area contributed by atoms with Crippen molar-refractivity contribution in [2.24, 2.45) is 5.10 Å². The molecule has 0 fully saturated rings. The smallest absolute Gasteiger partial charge is 0.259 e. The number of hydrogen-bond acceptors (Lipinski definition) is 7. The molecule has 164 valence electrons. The van der Waals surface area contributed by atoms with Crippen molar-refractivity contribution in [1.82, 2.24) is 10.7 Å². The summed E-state index contributed by atoms with van der Waals surface area (Å²) in [6, 6.07) is 16.6. The number of carboxylic acids is 1. The van der Waals surface area contributed by atoms with Gasteiger partial charge in [-0.3, -0.25) is 9.59 Å². The zero-order valence-electron chi connectivity index (χ0n) is 17.2. The van der Waals surface area contributed by atoms with Crippen LogP contribution in [-0.2, 0) is 9.59 Å². The van der Waals surface area contributed by atoms with Crippen LogP contribution in [0, 0.1) is 6.92 Å². The highest BCUT2D eigenvalue weighted by Gasteiger charge is 2.07. The maximum absolute atomic E-state index is 11.8. The second-order valence-electron chi connectivity index (χ2n) is 6.74. The normalized spacial score (nSPS) is 10.7. The van der Waals surface area contributed by atoms with Gasteiger partial charge in [0.2, 0.25) is 0 Å². The summed E-state index contributed by atoms with van der Waals surface area (Å²) in [6.07, 6.45) is 1.31. The van der Waals surface area contributed by atoms with Gasteiger partial charge in [-0.2, -0.15) is 5.10 Å². The summed E-state index contributed by atoms with van der Waals surface area (Å²) in [5, 5.41) is 17.0. The number of carbonyl (C=O) groups is 3.